The standard InChI is InChI=1S/C11H24N2O/c1-11(2,12)6-7-13(8-9-14-3)10-4-5-10/h10H,4-9,12H2,1-3H3. The van der Waals surface area contributed by atoms with E-state index in [0.29, 0.717) is 0 Å². The van der Waals surface area contributed by atoms with Crippen molar-refractivity contribution in [1.29, 1.82) is 0 Å². The number of rotatable bonds is 7. The Morgan fingerprint density at radius 1 is 1.36 bits per heavy atom. The predicted molar refractivity (Wildman–Crippen MR) is 59.4 cm³/mol. The van der Waals surface area contributed by atoms with Gasteiger partial charge in [0, 0.05) is 31.8 Å². The third-order valence-electron chi connectivity index (χ3n) is 2.69. The van der Waals surface area contributed by atoms with Crippen LogP contribution in [0.3, 0.4) is 0 Å². The minimum absolute atomic E-state index is 0.0415. The lowest BCUT2D eigenvalue weighted by Gasteiger charge is -2.26. The molecule has 0 atom stereocenters. The van der Waals surface area contributed by atoms with Gasteiger partial charge >= 0.3 is 0 Å². The molecular formula is C11H24N2O. The molecule has 0 aromatic rings. The summed E-state index contributed by atoms with van der Waals surface area (Å²) in [5, 5.41) is 0. The molecule has 1 aliphatic rings. The summed E-state index contributed by atoms with van der Waals surface area (Å²) >= 11 is 0. The molecule has 2 N–H and O–H groups in total. The van der Waals surface area contributed by atoms with Gasteiger partial charge in [-0.3, -0.25) is 4.90 Å². The lowest BCUT2D eigenvalue weighted by atomic mass is 10.0. The van der Waals surface area contributed by atoms with Crippen LogP contribution in [0.4, 0.5) is 0 Å². The van der Waals surface area contributed by atoms with Crippen LogP contribution in [0.1, 0.15) is 33.1 Å². The van der Waals surface area contributed by atoms with E-state index in [1.54, 1.807) is 7.11 Å². The smallest absolute Gasteiger partial charge is 0.0589 e. The highest BCUT2D eigenvalue weighted by molar-refractivity contribution is 4.86. The van der Waals surface area contributed by atoms with Gasteiger partial charge in [-0.15, -0.1) is 0 Å². The van der Waals surface area contributed by atoms with Gasteiger partial charge in [-0.25, -0.2) is 0 Å². The van der Waals surface area contributed by atoms with Crippen molar-refractivity contribution < 1.29 is 4.74 Å². The minimum atomic E-state index is -0.0415. The highest BCUT2D eigenvalue weighted by Crippen LogP contribution is 2.27. The first-order chi connectivity index (χ1) is 6.53. The molecule has 14 heavy (non-hydrogen) atoms. The second-order valence-electron chi connectivity index (χ2n) is 5.00. The summed E-state index contributed by atoms with van der Waals surface area (Å²) in [7, 11) is 1.76. The van der Waals surface area contributed by atoms with Crippen molar-refractivity contribution in [3.05, 3.63) is 0 Å². The van der Waals surface area contributed by atoms with Crippen LogP contribution in [0.5, 0.6) is 0 Å². The van der Waals surface area contributed by atoms with Crippen LogP contribution in [-0.2, 0) is 4.74 Å². The van der Waals surface area contributed by atoms with Crippen molar-refractivity contribution >= 4 is 0 Å². The second kappa shape index (κ2) is 5.10. The van der Waals surface area contributed by atoms with Crippen LogP contribution in [0, 0.1) is 0 Å². The zero-order valence-electron chi connectivity index (χ0n) is 9.75. The van der Waals surface area contributed by atoms with E-state index in [9.17, 15) is 0 Å². The fraction of sp³-hybridized carbons (Fsp3) is 1.00. The fourth-order valence-electron chi connectivity index (χ4n) is 1.56. The van der Waals surface area contributed by atoms with Crippen LogP contribution in [0.15, 0.2) is 0 Å². The molecule has 0 aromatic carbocycles. The summed E-state index contributed by atoms with van der Waals surface area (Å²) in [5.41, 5.74) is 5.93. The van der Waals surface area contributed by atoms with Crippen molar-refractivity contribution in [2.24, 2.45) is 5.73 Å². The molecule has 1 fully saturated rings. The highest BCUT2D eigenvalue weighted by Gasteiger charge is 2.29. The van der Waals surface area contributed by atoms with E-state index in [1.807, 2.05) is 0 Å². The van der Waals surface area contributed by atoms with E-state index in [0.717, 1.165) is 32.2 Å². The summed E-state index contributed by atoms with van der Waals surface area (Å²) in [6, 6.07) is 0.812. The Balaban J connectivity index is 2.21. The Morgan fingerprint density at radius 2 is 2.00 bits per heavy atom. The van der Waals surface area contributed by atoms with Gasteiger partial charge in [-0.1, -0.05) is 0 Å². The zero-order chi connectivity index (χ0) is 10.6. The molecule has 84 valence electrons. The number of nitrogens with two attached hydrogens (primary N) is 1. The quantitative estimate of drug-likeness (QED) is 0.671. The van der Waals surface area contributed by atoms with Gasteiger partial charge < -0.3 is 10.5 Å². The third kappa shape index (κ3) is 4.94. The molecule has 1 rings (SSSR count). The van der Waals surface area contributed by atoms with E-state index >= 15 is 0 Å². The molecule has 0 aliphatic heterocycles. The summed E-state index contributed by atoms with van der Waals surface area (Å²) in [5.74, 6) is 0. The van der Waals surface area contributed by atoms with Gasteiger partial charge in [0.1, 0.15) is 0 Å². The molecule has 0 unspecified atom stereocenters. The van der Waals surface area contributed by atoms with Gasteiger partial charge in [-0.2, -0.15) is 0 Å². The number of hydrogen-bond donors (Lipinski definition) is 1. The summed E-state index contributed by atoms with van der Waals surface area (Å²) < 4.78 is 5.11. The topological polar surface area (TPSA) is 38.5 Å². The molecule has 3 heteroatoms. The third-order valence-corrected chi connectivity index (χ3v) is 2.69. The fourth-order valence-corrected chi connectivity index (χ4v) is 1.56. The van der Waals surface area contributed by atoms with Crippen LogP contribution in [0.25, 0.3) is 0 Å². The van der Waals surface area contributed by atoms with E-state index < -0.39 is 0 Å². The second-order valence-corrected chi connectivity index (χ2v) is 5.00. The molecular weight excluding hydrogens is 176 g/mol. The lowest BCUT2D eigenvalue weighted by Crippen LogP contribution is -2.39. The van der Waals surface area contributed by atoms with Crippen LogP contribution in [-0.4, -0.2) is 43.3 Å². The Hall–Kier alpha value is -0.120. The molecule has 1 aliphatic carbocycles. The summed E-state index contributed by atoms with van der Waals surface area (Å²) in [4.78, 5) is 2.51. The Morgan fingerprint density at radius 3 is 2.43 bits per heavy atom. The monoisotopic (exact) mass is 200 g/mol. The summed E-state index contributed by atoms with van der Waals surface area (Å²) in [6.45, 7) is 7.18. The van der Waals surface area contributed by atoms with E-state index in [4.69, 9.17) is 10.5 Å². The predicted octanol–water partition coefficient (Wildman–Crippen LogP) is 1.22. The Labute approximate surface area is 87.6 Å². The maximum absolute atomic E-state index is 5.98. The van der Waals surface area contributed by atoms with E-state index in [1.165, 1.54) is 12.8 Å². The van der Waals surface area contributed by atoms with Crippen LogP contribution in [0.2, 0.25) is 0 Å². The van der Waals surface area contributed by atoms with Crippen molar-refractivity contribution in [1.82, 2.24) is 4.90 Å². The molecule has 0 saturated heterocycles. The van der Waals surface area contributed by atoms with E-state index in [-0.39, 0.29) is 5.54 Å². The summed E-state index contributed by atoms with van der Waals surface area (Å²) in [6.07, 6.45) is 3.77. The highest BCUT2D eigenvalue weighted by atomic mass is 16.5. The van der Waals surface area contributed by atoms with Crippen LogP contribution >= 0.6 is 0 Å². The van der Waals surface area contributed by atoms with Gasteiger partial charge in [0.05, 0.1) is 6.61 Å². The molecule has 0 radical (unpaired) electrons. The van der Waals surface area contributed by atoms with Gasteiger partial charge in [0.25, 0.3) is 0 Å². The minimum Gasteiger partial charge on any atom is -0.383 e. The zero-order valence-corrected chi connectivity index (χ0v) is 9.75. The largest absolute Gasteiger partial charge is 0.383 e. The molecule has 0 heterocycles. The van der Waals surface area contributed by atoms with Crippen molar-refractivity contribution in [2.45, 2.75) is 44.7 Å². The number of methoxy groups -OCH3 is 1. The van der Waals surface area contributed by atoms with Gasteiger partial charge in [-0.05, 0) is 33.1 Å². The van der Waals surface area contributed by atoms with Gasteiger partial charge in [0.15, 0.2) is 0 Å². The molecule has 0 amide bonds. The first kappa shape index (κ1) is 12.0. The normalized spacial score (nSPS) is 17.8. The average molecular weight is 200 g/mol. The van der Waals surface area contributed by atoms with Crippen molar-refractivity contribution in [2.75, 3.05) is 26.8 Å². The first-order valence-electron chi connectivity index (χ1n) is 5.55. The molecule has 1 saturated carbocycles. The number of ether oxygens (including phenoxy) is 1. The Bertz CT molecular complexity index is 161. The maximum Gasteiger partial charge on any atom is 0.0589 e. The molecule has 3 nitrogen and oxygen atoms in total. The van der Waals surface area contributed by atoms with Crippen molar-refractivity contribution in [3.8, 4) is 0 Å². The van der Waals surface area contributed by atoms with Crippen LogP contribution < -0.4 is 5.73 Å². The maximum atomic E-state index is 5.98. The van der Waals surface area contributed by atoms with Crippen molar-refractivity contribution in [3.63, 3.8) is 0 Å². The molecule has 0 bridgehead atoms. The number of nitrogens with zero attached hydrogens (tertiary/aromatic N) is 1. The van der Waals surface area contributed by atoms with E-state index in [2.05, 4.69) is 18.7 Å². The molecule has 0 aromatic heterocycles. The Kier molecular flexibility index (Phi) is 4.35. The van der Waals surface area contributed by atoms with Gasteiger partial charge in [0.2, 0.25) is 0 Å². The number of hydrogen-bond acceptors (Lipinski definition) is 3. The SMILES string of the molecule is COCCN(CCC(C)(C)N)C1CC1. The lowest BCUT2D eigenvalue weighted by molar-refractivity contribution is 0.138. The molecule has 0 spiro atoms. The average Bonchev–Trinajstić information content (AvgIpc) is 2.86. The first-order valence-corrected chi connectivity index (χ1v) is 5.55.